The molecule has 0 aromatic heterocycles. The smallest absolute Gasteiger partial charge is 0.0172 e. The zero-order chi connectivity index (χ0) is 25.5. The summed E-state index contributed by atoms with van der Waals surface area (Å²) in [6, 6.07) is 0. The van der Waals surface area contributed by atoms with Gasteiger partial charge < -0.3 is 0 Å². The summed E-state index contributed by atoms with van der Waals surface area (Å²) in [6.07, 6.45) is 14.6. The Morgan fingerprint density at radius 3 is 1.91 bits per heavy atom. The topological polar surface area (TPSA) is 0 Å². The molecule has 5 rings (SSSR count). The van der Waals surface area contributed by atoms with E-state index in [4.69, 9.17) is 0 Å². The normalized spacial score (nSPS) is 52.7. The maximum atomic E-state index is 4.51. The van der Waals surface area contributed by atoms with E-state index in [0.717, 1.165) is 29.6 Å². The van der Waals surface area contributed by atoms with Crippen LogP contribution in [0.4, 0.5) is 0 Å². The highest BCUT2D eigenvalue weighted by molar-refractivity contribution is 5.21. The molecule has 0 saturated heterocycles. The Morgan fingerprint density at radius 1 is 0.647 bits per heavy atom. The largest absolute Gasteiger partial charge is 0.0998 e. The van der Waals surface area contributed by atoms with Crippen LogP contribution in [0.15, 0.2) is 12.2 Å². The molecule has 5 saturated carbocycles. The second-order valence-electron chi connectivity index (χ2n) is 15.9. The lowest BCUT2D eigenvalue weighted by atomic mass is 9.31. The van der Waals surface area contributed by atoms with Crippen molar-refractivity contribution in [2.24, 2.45) is 62.1 Å². The lowest BCUT2D eigenvalue weighted by molar-refractivity contribution is -0.249. The number of fused-ring (bicyclic) bond motifs is 7. The van der Waals surface area contributed by atoms with E-state index in [2.05, 4.69) is 68.9 Å². The predicted octanol–water partition coefficient (Wildman–Crippen LogP) is 10.7. The van der Waals surface area contributed by atoms with Gasteiger partial charge in [0.05, 0.1) is 0 Å². The van der Waals surface area contributed by atoms with E-state index in [0.29, 0.717) is 32.5 Å². The summed E-state index contributed by atoms with van der Waals surface area (Å²) in [4.78, 5) is 0. The molecule has 9 atom stereocenters. The van der Waals surface area contributed by atoms with Crippen molar-refractivity contribution in [3.63, 3.8) is 0 Å². The Morgan fingerprint density at radius 2 is 1.29 bits per heavy atom. The molecular formula is C34H60. The Kier molecular flexibility index (Phi) is 6.40. The van der Waals surface area contributed by atoms with Crippen LogP contribution in [0.2, 0.25) is 0 Å². The molecule has 0 amide bonds. The van der Waals surface area contributed by atoms with Crippen molar-refractivity contribution in [1.29, 1.82) is 0 Å². The Bertz CT molecular complexity index is 801. The van der Waals surface area contributed by atoms with Crippen molar-refractivity contribution >= 4 is 0 Å². The number of allylic oxidation sites excluding steroid dienone is 1. The van der Waals surface area contributed by atoms with E-state index in [1.807, 2.05) is 13.8 Å². The van der Waals surface area contributed by atoms with Crippen LogP contribution < -0.4 is 0 Å². The van der Waals surface area contributed by atoms with Gasteiger partial charge in [0.15, 0.2) is 0 Å². The molecule has 0 heteroatoms. The SMILES string of the molecule is C=C(C)C1CCC2(C)CCC3(C)C(CCC4C5(C)CCC(C)(C)C(C)(C)C5CCC43C)C12.CC. The van der Waals surface area contributed by atoms with Gasteiger partial charge >= 0.3 is 0 Å². The summed E-state index contributed by atoms with van der Waals surface area (Å²) in [5.41, 5.74) is 4.55. The molecule has 34 heavy (non-hydrogen) atoms. The Hall–Kier alpha value is -0.260. The van der Waals surface area contributed by atoms with Crippen LogP contribution in [0.25, 0.3) is 0 Å². The standard InChI is InChI=1S/C32H54.C2H6/c1-21(2)22-13-15-29(7)18-20-31(9)23(26(22)29)11-12-25-30(8)19-17-27(3,4)28(5,6)24(30)14-16-32(25,31)10;1-2/h22-26H,1,11-20H2,2-10H3;1-2H3. The van der Waals surface area contributed by atoms with Gasteiger partial charge in [0.1, 0.15) is 0 Å². The highest BCUT2D eigenvalue weighted by Gasteiger charge is 2.70. The first-order chi connectivity index (χ1) is 15.6. The fourth-order valence-electron chi connectivity index (χ4n) is 11.8. The maximum Gasteiger partial charge on any atom is -0.0172 e. The van der Waals surface area contributed by atoms with Crippen LogP contribution in [-0.4, -0.2) is 0 Å². The predicted molar refractivity (Wildman–Crippen MR) is 150 cm³/mol. The molecule has 0 aliphatic heterocycles. The second kappa shape index (κ2) is 8.12. The van der Waals surface area contributed by atoms with Gasteiger partial charge in [-0.15, -0.1) is 0 Å². The molecular weight excluding hydrogens is 408 g/mol. The molecule has 0 nitrogen and oxygen atoms in total. The van der Waals surface area contributed by atoms with Crippen LogP contribution in [0, 0.1) is 62.1 Å². The van der Waals surface area contributed by atoms with Gasteiger partial charge in [0.25, 0.3) is 0 Å². The summed E-state index contributed by atoms with van der Waals surface area (Å²) >= 11 is 0. The highest BCUT2D eigenvalue weighted by atomic mass is 14.7. The summed E-state index contributed by atoms with van der Waals surface area (Å²) in [6.45, 7) is 32.3. The average Bonchev–Trinajstić information content (AvgIpc) is 3.11. The summed E-state index contributed by atoms with van der Waals surface area (Å²) in [5, 5.41) is 0. The first-order valence-corrected chi connectivity index (χ1v) is 15.3. The zero-order valence-electron chi connectivity index (χ0n) is 25.2. The van der Waals surface area contributed by atoms with E-state index in [1.54, 1.807) is 0 Å². The molecule has 0 aromatic rings. The van der Waals surface area contributed by atoms with Crippen LogP contribution in [0.1, 0.15) is 140 Å². The number of hydrogen-bond acceptors (Lipinski definition) is 0. The van der Waals surface area contributed by atoms with Crippen molar-refractivity contribution in [3.8, 4) is 0 Å². The Labute approximate surface area is 214 Å². The van der Waals surface area contributed by atoms with Gasteiger partial charge in [0, 0.05) is 0 Å². The third kappa shape index (κ3) is 3.20. The van der Waals surface area contributed by atoms with E-state index in [-0.39, 0.29) is 0 Å². The molecule has 0 bridgehead atoms. The number of rotatable bonds is 1. The van der Waals surface area contributed by atoms with E-state index >= 15 is 0 Å². The highest BCUT2D eigenvalue weighted by Crippen LogP contribution is 2.78. The van der Waals surface area contributed by atoms with Crippen LogP contribution in [0.5, 0.6) is 0 Å². The molecule has 0 spiro atoms. The third-order valence-corrected chi connectivity index (χ3v) is 14.7. The molecule has 5 aliphatic carbocycles. The van der Waals surface area contributed by atoms with Crippen molar-refractivity contribution in [2.45, 2.75) is 140 Å². The van der Waals surface area contributed by atoms with Gasteiger partial charge in [-0.1, -0.05) is 81.4 Å². The first kappa shape index (κ1) is 26.8. The van der Waals surface area contributed by atoms with Crippen LogP contribution in [-0.2, 0) is 0 Å². The van der Waals surface area contributed by atoms with Crippen molar-refractivity contribution in [3.05, 3.63) is 12.2 Å². The van der Waals surface area contributed by atoms with Gasteiger partial charge in [-0.3, -0.25) is 0 Å². The van der Waals surface area contributed by atoms with Gasteiger partial charge in [-0.05, 0) is 133 Å². The number of hydrogen-bond donors (Lipinski definition) is 0. The fourth-order valence-corrected chi connectivity index (χ4v) is 11.8. The monoisotopic (exact) mass is 468 g/mol. The Balaban J connectivity index is 0.00000133. The summed E-state index contributed by atoms with van der Waals surface area (Å²) in [5.74, 6) is 4.40. The quantitative estimate of drug-likeness (QED) is 0.336. The molecule has 196 valence electrons. The minimum atomic E-state index is 0.445. The minimum Gasteiger partial charge on any atom is -0.0998 e. The van der Waals surface area contributed by atoms with Gasteiger partial charge in [-0.2, -0.15) is 0 Å². The second-order valence-corrected chi connectivity index (χ2v) is 15.9. The lowest BCUT2D eigenvalue weighted by Crippen LogP contribution is -2.66. The average molecular weight is 469 g/mol. The molecule has 9 unspecified atom stereocenters. The molecule has 0 heterocycles. The minimum absolute atomic E-state index is 0.445. The third-order valence-electron chi connectivity index (χ3n) is 14.7. The van der Waals surface area contributed by atoms with Crippen molar-refractivity contribution < 1.29 is 0 Å². The van der Waals surface area contributed by atoms with E-state index < -0.39 is 0 Å². The van der Waals surface area contributed by atoms with Crippen LogP contribution in [0.3, 0.4) is 0 Å². The maximum absolute atomic E-state index is 4.51. The molecule has 0 N–H and O–H groups in total. The van der Waals surface area contributed by atoms with Crippen molar-refractivity contribution in [2.75, 3.05) is 0 Å². The first-order valence-electron chi connectivity index (χ1n) is 15.3. The van der Waals surface area contributed by atoms with Crippen LogP contribution >= 0.6 is 0 Å². The van der Waals surface area contributed by atoms with E-state index in [1.165, 1.54) is 69.8 Å². The fraction of sp³-hybridized carbons (Fsp3) is 0.941. The molecule has 0 radical (unpaired) electrons. The molecule has 5 fully saturated rings. The van der Waals surface area contributed by atoms with Gasteiger partial charge in [0.2, 0.25) is 0 Å². The summed E-state index contributed by atoms with van der Waals surface area (Å²) in [7, 11) is 0. The van der Waals surface area contributed by atoms with Crippen molar-refractivity contribution in [1.82, 2.24) is 0 Å². The summed E-state index contributed by atoms with van der Waals surface area (Å²) < 4.78 is 0. The van der Waals surface area contributed by atoms with Gasteiger partial charge in [-0.25, -0.2) is 0 Å². The lowest BCUT2D eigenvalue weighted by Gasteiger charge is -2.74. The van der Waals surface area contributed by atoms with E-state index in [9.17, 15) is 0 Å². The molecule has 5 aliphatic rings. The zero-order valence-corrected chi connectivity index (χ0v) is 25.2. The molecule has 0 aromatic carbocycles.